The minimum Gasteiger partial charge on any atom is -0.463 e. The van der Waals surface area contributed by atoms with Crippen molar-refractivity contribution in [3.8, 4) is 11.5 Å². The van der Waals surface area contributed by atoms with Crippen LogP contribution >= 0.6 is 0 Å². The van der Waals surface area contributed by atoms with Gasteiger partial charge in [0, 0.05) is 12.5 Å². The van der Waals surface area contributed by atoms with Crippen molar-refractivity contribution in [2.45, 2.75) is 55.9 Å². The van der Waals surface area contributed by atoms with E-state index >= 15 is 0 Å². The molecule has 2 bridgehead atoms. The Kier molecular flexibility index (Phi) is 8.95. The van der Waals surface area contributed by atoms with Gasteiger partial charge in [-0.05, 0) is 80.3 Å². The average Bonchev–Trinajstić information content (AvgIpc) is 3.29. The van der Waals surface area contributed by atoms with E-state index in [0.717, 1.165) is 5.56 Å². The molecule has 3 atom stereocenters. The van der Waals surface area contributed by atoms with Crippen molar-refractivity contribution in [1.82, 2.24) is 4.72 Å². The van der Waals surface area contributed by atoms with Gasteiger partial charge in [-0.3, -0.25) is 4.79 Å². The second kappa shape index (κ2) is 12.7. The fourth-order valence-electron chi connectivity index (χ4n) is 5.47. The average molecular weight is 610 g/mol. The highest BCUT2D eigenvalue weighted by Crippen LogP contribution is 2.51. The number of sulfonamides is 1. The number of hydrogen-bond acceptors (Lipinski definition) is 8. The zero-order chi connectivity index (χ0) is 30.5. The summed E-state index contributed by atoms with van der Waals surface area (Å²) >= 11 is 0. The van der Waals surface area contributed by atoms with Gasteiger partial charge in [0.05, 0.1) is 23.0 Å². The first kappa shape index (κ1) is 30.4. The molecule has 3 aromatic rings. The Balaban J connectivity index is 1.36. The lowest BCUT2D eigenvalue weighted by Gasteiger charge is -2.43. The zero-order valence-corrected chi connectivity index (χ0v) is 24.3. The first-order valence-corrected chi connectivity index (χ1v) is 15.4. The summed E-state index contributed by atoms with van der Waals surface area (Å²) in [5, 5.41) is 0. The maximum Gasteiger partial charge on any atom is 0.330 e. The summed E-state index contributed by atoms with van der Waals surface area (Å²) in [5.41, 5.74) is -1.95. The van der Waals surface area contributed by atoms with E-state index in [1.54, 1.807) is 6.92 Å². The molecule has 2 fully saturated rings. The monoisotopic (exact) mass is 609 g/mol. The largest absolute Gasteiger partial charge is 0.463 e. The summed E-state index contributed by atoms with van der Waals surface area (Å²) in [6.45, 7) is 1.86. The van der Waals surface area contributed by atoms with Crippen LogP contribution in [0.1, 0.15) is 38.2 Å². The molecule has 3 aromatic carbocycles. The van der Waals surface area contributed by atoms with Gasteiger partial charge >= 0.3 is 11.9 Å². The molecule has 0 spiro atoms. The predicted octanol–water partition coefficient (Wildman–Crippen LogP) is 5.41. The lowest BCUT2D eigenvalue weighted by atomic mass is 9.75. The molecule has 1 N–H and O–H groups in total. The Morgan fingerprint density at radius 1 is 1.00 bits per heavy atom. The van der Waals surface area contributed by atoms with E-state index in [1.165, 1.54) is 60.7 Å². The smallest absolute Gasteiger partial charge is 0.330 e. The minimum atomic E-state index is -4.12. The Labute approximate surface area is 249 Å². The molecule has 2 saturated heterocycles. The summed E-state index contributed by atoms with van der Waals surface area (Å²) in [4.78, 5) is 25.9. The third-order valence-corrected chi connectivity index (χ3v) is 8.94. The Bertz CT molecular complexity index is 1580. The van der Waals surface area contributed by atoms with Gasteiger partial charge in [0.25, 0.3) is 0 Å². The van der Waals surface area contributed by atoms with E-state index in [1.807, 2.05) is 30.3 Å². The standard InChI is InChI=1S/C32H32FNO8S/c1-2-39-29(35)17-18-31(30(36)40-21-23-6-4-3-5-7-23)20-27-16-19-32(22-31,42-27)34-43(37,38)28-14-12-26(13-15-28)41-25-10-8-24(33)9-11-25/h3-15,17-18,27,34H,2,16,19-22H2,1H3/b18-17+. The number of ether oxygens (including phenoxy) is 4. The summed E-state index contributed by atoms with van der Waals surface area (Å²) in [7, 11) is -4.12. The third-order valence-electron chi connectivity index (χ3n) is 7.40. The molecule has 11 heteroatoms. The maximum atomic E-state index is 13.7. The molecule has 2 aliphatic heterocycles. The number of halogens is 1. The van der Waals surface area contributed by atoms with E-state index in [4.69, 9.17) is 18.9 Å². The first-order chi connectivity index (χ1) is 20.6. The fraction of sp³-hybridized carbons (Fsp3) is 0.312. The molecule has 0 amide bonds. The third kappa shape index (κ3) is 7.30. The quantitative estimate of drug-likeness (QED) is 0.227. The van der Waals surface area contributed by atoms with Crippen LogP contribution in [0.2, 0.25) is 0 Å². The Morgan fingerprint density at radius 3 is 2.35 bits per heavy atom. The van der Waals surface area contributed by atoms with Gasteiger partial charge in [-0.1, -0.05) is 36.4 Å². The van der Waals surface area contributed by atoms with Crippen molar-refractivity contribution in [1.29, 1.82) is 0 Å². The molecule has 0 radical (unpaired) electrons. The number of hydrogen-bond donors (Lipinski definition) is 1. The molecule has 2 aliphatic rings. The van der Waals surface area contributed by atoms with Gasteiger partial charge in [0.2, 0.25) is 10.0 Å². The summed E-state index contributed by atoms with van der Waals surface area (Å²) < 4.78 is 65.6. The number of fused-ring (bicyclic) bond motifs is 2. The number of esters is 2. The minimum absolute atomic E-state index is 0.0191. The van der Waals surface area contributed by atoms with Gasteiger partial charge < -0.3 is 18.9 Å². The van der Waals surface area contributed by atoms with E-state index in [2.05, 4.69) is 4.72 Å². The second-order valence-corrected chi connectivity index (χ2v) is 12.3. The van der Waals surface area contributed by atoms with E-state index < -0.39 is 45.0 Å². The van der Waals surface area contributed by atoms with Gasteiger partial charge in [-0.2, -0.15) is 4.72 Å². The molecule has 2 heterocycles. The van der Waals surface area contributed by atoms with Crippen LogP contribution in [-0.2, 0) is 40.4 Å². The number of carbonyl (C=O) groups is 2. The summed E-state index contributed by atoms with van der Waals surface area (Å²) in [6, 6.07) is 20.4. The number of rotatable bonds is 11. The molecule has 43 heavy (non-hydrogen) atoms. The van der Waals surface area contributed by atoms with E-state index in [0.29, 0.717) is 24.3 Å². The van der Waals surface area contributed by atoms with Crippen LogP contribution < -0.4 is 9.46 Å². The van der Waals surface area contributed by atoms with Crippen LogP contribution in [0.15, 0.2) is 95.9 Å². The number of nitrogens with one attached hydrogen (secondary N) is 1. The molecule has 9 nitrogen and oxygen atoms in total. The van der Waals surface area contributed by atoms with Crippen LogP contribution in [0.4, 0.5) is 4.39 Å². The van der Waals surface area contributed by atoms with Crippen LogP contribution in [0.5, 0.6) is 11.5 Å². The molecular formula is C32H32FNO8S. The van der Waals surface area contributed by atoms with Gasteiger partial charge in [0.1, 0.15) is 29.6 Å². The van der Waals surface area contributed by atoms with Crippen molar-refractivity contribution in [2.75, 3.05) is 6.61 Å². The normalized spacial score (nSPS) is 23.2. The first-order valence-electron chi connectivity index (χ1n) is 13.9. The van der Waals surface area contributed by atoms with Crippen LogP contribution in [0.25, 0.3) is 0 Å². The predicted molar refractivity (Wildman–Crippen MR) is 154 cm³/mol. The highest BCUT2D eigenvalue weighted by molar-refractivity contribution is 7.89. The number of carbonyl (C=O) groups excluding carboxylic acids is 2. The van der Waals surface area contributed by atoms with Crippen molar-refractivity contribution < 1.29 is 41.3 Å². The Hall–Kier alpha value is -4.06. The zero-order valence-electron chi connectivity index (χ0n) is 23.5. The fourth-order valence-corrected chi connectivity index (χ4v) is 6.79. The van der Waals surface area contributed by atoms with Crippen LogP contribution in [0, 0.1) is 11.2 Å². The van der Waals surface area contributed by atoms with Crippen LogP contribution in [0.3, 0.4) is 0 Å². The molecule has 3 unspecified atom stereocenters. The van der Waals surface area contributed by atoms with E-state index in [9.17, 15) is 22.4 Å². The van der Waals surface area contributed by atoms with Gasteiger partial charge in [-0.15, -0.1) is 0 Å². The molecule has 0 saturated carbocycles. The lowest BCUT2D eigenvalue weighted by molar-refractivity contribution is -0.174. The van der Waals surface area contributed by atoms with Gasteiger partial charge in [0.15, 0.2) is 0 Å². The highest BCUT2D eigenvalue weighted by atomic mass is 32.2. The van der Waals surface area contributed by atoms with Crippen LogP contribution in [-0.4, -0.2) is 38.8 Å². The summed E-state index contributed by atoms with van der Waals surface area (Å²) in [5.74, 6) is -0.842. The second-order valence-electron chi connectivity index (χ2n) is 10.6. The van der Waals surface area contributed by atoms with Crippen molar-refractivity contribution in [2.24, 2.45) is 5.41 Å². The van der Waals surface area contributed by atoms with E-state index in [-0.39, 0.29) is 31.0 Å². The van der Waals surface area contributed by atoms with Crippen molar-refractivity contribution in [3.05, 3.63) is 102 Å². The lowest BCUT2D eigenvalue weighted by Crippen LogP contribution is -2.56. The molecule has 0 aliphatic carbocycles. The number of benzene rings is 3. The summed E-state index contributed by atoms with van der Waals surface area (Å²) in [6.07, 6.45) is 3.18. The Morgan fingerprint density at radius 2 is 1.67 bits per heavy atom. The maximum absolute atomic E-state index is 13.7. The SMILES string of the molecule is CCOC(=O)/C=C/C1(C(=O)OCc2ccccc2)CC2CCC(NS(=O)(=O)c3ccc(Oc4ccc(F)cc4)cc3)(C1)O2. The van der Waals surface area contributed by atoms with Gasteiger partial charge in [-0.25, -0.2) is 17.6 Å². The topological polar surface area (TPSA) is 117 Å². The molecular weight excluding hydrogens is 577 g/mol. The highest BCUT2D eigenvalue weighted by Gasteiger charge is 2.57. The molecule has 0 aromatic heterocycles. The molecule has 5 rings (SSSR count). The van der Waals surface area contributed by atoms with Crippen molar-refractivity contribution in [3.63, 3.8) is 0 Å². The molecule has 226 valence electrons. The van der Waals surface area contributed by atoms with Crippen molar-refractivity contribution >= 4 is 22.0 Å².